The second-order valence-corrected chi connectivity index (χ2v) is 17.6. The minimum absolute atomic E-state index is 0.113. The van der Waals surface area contributed by atoms with Gasteiger partial charge < -0.3 is 4.90 Å². The zero-order valence-electron chi connectivity index (χ0n) is 32.1. The molecule has 0 radical (unpaired) electrons. The van der Waals surface area contributed by atoms with E-state index in [1.54, 1.807) is 0 Å². The van der Waals surface area contributed by atoms with E-state index in [0.717, 1.165) is 11.4 Å². The van der Waals surface area contributed by atoms with Crippen LogP contribution in [0, 0.1) is 0 Å². The van der Waals surface area contributed by atoms with Crippen molar-refractivity contribution < 1.29 is 0 Å². The summed E-state index contributed by atoms with van der Waals surface area (Å²) in [5, 5.41) is 2.65. The maximum absolute atomic E-state index is 2.51. The van der Waals surface area contributed by atoms with Crippen LogP contribution in [-0.4, -0.2) is 0 Å². The second kappa shape index (κ2) is 12.1. The summed E-state index contributed by atoms with van der Waals surface area (Å²) in [4.78, 5) is 2.51. The van der Waals surface area contributed by atoms with E-state index in [4.69, 9.17) is 0 Å². The number of benzene rings is 8. The van der Waals surface area contributed by atoms with E-state index < -0.39 is 0 Å². The highest BCUT2D eigenvalue weighted by atomic mass is 32.1. The van der Waals surface area contributed by atoms with Crippen LogP contribution in [0.2, 0.25) is 0 Å². The quantitative estimate of drug-likeness (QED) is 0.170. The Bertz CT molecular complexity index is 3050. The third-order valence-electron chi connectivity index (χ3n) is 12.6. The molecule has 0 unspecified atom stereocenters. The molecule has 0 saturated heterocycles. The Kier molecular flexibility index (Phi) is 7.18. The highest BCUT2D eigenvalue weighted by Gasteiger charge is 2.39. The summed E-state index contributed by atoms with van der Waals surface area (Å²) >= 11 is 1.87. The van der Waals surface area contributed by atoms with Gasteiger partial charge in [0, 0.05) is 47.9 Å². The molecule has 0 bridgehead atoms. The van der Waals surface area contributed by atoms with E-state index in [9.17, 15) is 0 Å². The fourth-order valence-corrected chi connectivity index (χ4v) is 11.2. The maximum atomic E-state index is 2.51. The van der Waals surface area contributed by atoms with Gasteiger partial charge in [-0.25, -0.2) is 0 Å². The summed E-state index contributed by atoms with van der Waals surface area (Å²) in [6.45, 7) is 9.50. The molecule has 9 aromatic rings. The van der Waals surface area contributed by atoms with Gasteiger partial charge in [-0.2, -0.15) is 0 Å². The van der Waals surface area contributed by atoms with Gasteiger partial charge >= 0.3 is 0 Å². The number of hydrogen-bond donors (Lipinski definition) is 0. The van der Waals surface area contributed by atoms with Crippen molar-refractivity contribution in [3.8, 4) is 44.5 Å². The smallest absolute Gasteiger partial charge is 0.0543 e. The van der Waals surface area contributed by atoms with Gasteiger partial charge in [-0.3, -0.25) is 0 Å². The summed E-state index contributed by atoms with van der Waals surface area (Å²) in [6, 6.07) is 65.7. The number of anilines is 3. The zero-order chi connectivity index (χ0) is 37.8. The van der Waals surface area contributed by atoms with Crippen LogP contribution in [0.15, 0.2) is 176 Å². The van der Waals surface area contributed by atoms with Crippen molar-refractivity contribution in [2.45, 2.75) is 38.5 Å². The predicted octanol–water partition coefficient (Wildman–Crippen LogP) is 15.5. The van der Waals surface area contributed by atoms with Crippen LogP contribution >= 0.6 is 11.3 Å². The molecule has 0 aliphatic heterocycles. The van der Waals surface area contributed by atoms with Crippen LogP contribution in [0.3, 0.4) is 0 Å². The summed E-state index contributed by atoms with van der Waals surface area (Å²) in [6.07, 6.45) is 0. The van der Waals surface area contributed by atoms with Crippen LogP contribution in [0.25, 0.3) is 64.7 Å². The molecular weight excluding hydrogens is 695 g/mol. The van der Waals surface area contributed by atoms with Crippen molar-refractivity contribution in [2.24, 2.45) is 0 Å². The van der Waals surface area contributed by atoms with Crippen molar-refractivity contribution in [2.75, 3.05) is 4.90 Å². The Morgan fingerprint density at radius 2 is 0.946 bits per heavy atom. The molecule has 1 nitrogen and oxygen atoms in total. The van der Waals surface area contributed by atoms with E-state index in [0.29, 0.717) is 0 Å². The molecule has 0 N–H and O–H groups in total. The van der Waals surface area contributed by atoms with Gasteiger partial charge in [-0.15, -0.1) is 11.3 Å². The first-order chi connectivity index (χ1) is 27.3. The molecule has 2 aliphatic carbocycles. The maximum Gasteiger partial charge on any atom is 0.0543 e. The van der Waals surface area contributed by atoms with E-state index in [1.165, 1.54) is 92.6 Å². The van der Waals surface area contributed by atoms with Crippen LogP contribution in [0.5, 0.6) is 0 Å². The molecule has 11 rings (SSSR count). The fourth-order valence-electron chi connectivity index (χ4n) is 10.1. The Morgan fingerprint density at radius 3 is 1.73 bits per heavy atom. The number of thiophene rings is 1. The average Bonchev–Trinajstić information content (AvgIpc) is 3.82. The lowest BCUT2D eigenvalue weighted by Gasteiger charge is -2.30. The number of nitrogens with zero attached hydrogens (tertiary/aromatic N) is 1. The first-order valence-corrected chi connectivity index (χ1v) is 20.5. The summed E-state index contributed by atoms with van der Waals surface area (Å²) in [5.41, 5.74) is 19.1. The number of hydrogen-bond acceptors (Lipinski definition) is 2. The van der Waals surface area contributed by atoms with E-state index in [-0.39, 0.29) is 10.8 Å². The van der Waals surface area contributed by atoms with Gasteiger partial charge in [-0.1, -0.05) is 161 Å². The van der Waals surface area contributed by atoms with Crippen molar-refractivity contribution in [1.29, 1.82) is 0 Å². The lowest BCUT2D eigenvalue weighted by Crippen LogP contribution is -2.16. The minimum Gasteiger partial charge on any atom is -0.310 e. The topological polar surface area (TPSA) is 3.24 Å². The van der Waals surface area contributed by atoms with Crippen LogP contribution in [-0.2, 0) is 10.8 Å². The Balaban J connectivity index is 1.14. The van der Waals surface area contributed by atoms with Crippen LogP contribution < -0.4 is 4.90 Å². The van der Waals surface area contributed by atoms with E-state index in [2.05, 4.69) is 209 Å². The lowest BCUT2D eigenvalue weighted by atomic mass is 9.79. The monoisotopic (exact) mass is 735 g/mol. The Hall–Kier alpha value is -6.22. The van der Waals surface area contributed by atoms with Gasteiger partial charge in [0.2, 0.25) is 0 Å². The van der Waals surface area contributed by atoms with Gasteiger partial charge in [-0.05, 0) is 104 Å². The van der Waals surface area contributed by atoms with E-state index >= 15 is 0 Å². The lowest BCUT2D eigenvalue weighted by molar-refractivity contribution is 0.660. The molecule has 0 spiro atoms. The molecule has 56 heavy (non-hydrogen) atoms. The number of fused-ring (bicyclic) bond motifs is 9. The van der Waals surface area contributed by atoms with Gasteiger partial charge in [0.05, 0.1) is 5.69 Å². The highest BCUT2D eigenvalue weighted by molar-refractivity contribution is 7.25. The molecule has 0 atom stereocenters. The molecule has 2 aliphatic rings. The molecule has 0 saturated carbocycles. The van der Waals surface area contributed by atoms with Crippen molar-refractivity contribution in [1.82, 2.24) is 0 Å². The summed E-state index contributed by atoms with van der Waals surface area (Å²) in [7, 11) is 0. The van der Waals surface area contributed by atoms with Crippen molar-refractivity contribution in [3.63, 3.8) is 0 Å². The van der Waals surface area contributed by atoms with Crippen molar-refractivity contribution >= 4 is 48.6 Å². The average molecular weight is 736 g/mol. The normalized spacial score (nSPS) is 14.4. The second-order valence-electron chi connectivity index (χ2n) is 16.5. The van der Waals surface area contributed by atoms with Gasteiger partial charge in [0.15, 0.2) is 0 Å². The third-order valence-corrected chi connectivity index (χ3v) is 13.8. The molecule has 2 heteroatoms. The van der Waals surface area contributed by atoms with Crippen LogP contribution in [0.4, 0.5) is 17.1 Å². The Labute approximate surface area is 333 Å². The zero-order valence-corrected chi connectivity index (χ0v) is 32.9. The summed E-state index contributed by atoms with van der Waals surface area (Å²) in [5.74, 6) is 0. The number of rotatable bonds is 5. The fraction of sp³-hybridized carbons (Fsp3) is 0.111. The molecule has 268 valence electrons. The molecule has 1 heterocycles. The van der Waals surface area contributed by atoms with Crippen LogP contribution in [0.1, 0.15) is 49.9 Å². The molecule has 0 amide bonds. The molecule has 1 aromatic heterocycles. The first kappa shape index (κ1) is 33.1. The largest absolute Gasteiger partial charge is 0.310 e. The SMILES string of the molecule is CC1(C)c2ccccc2-c2c(N(c3cccc(-c4cccc5c4C(C)(C)c4ccccc4-5)c3)c3cccc(-c4cccc5sc6ccccc6c45)c3)cccc21. The highest BCUT2D eigenvalue weighted by Crippen LogP contribution is 2.56. The molecule has 8 aromatic carbocycles. The van der Waals surface area contributed by atoms with Gasteiger partial charge in [0.1, 0.15) is 0 Å². The van der Waals surface area contributed by atoms with Crippen molar-refractivity contribution in [3.05, 3.63) is 198 Å². The third kappa shape index (κ3) is 4.72. The summed E-state index contributed by atoms with van der Waals surface area (Å²) < 4.78 is 2.64. The van der Waals surface area contributed by atoms with E-state index in [1.807, 2.05) is 11.3 Å². The Morgan fingerprint density at radius 1 is 0.411 bits per heavy atom. The predicted molar refractivity (Wildman–Crippen MR) is 240 cm³/mol. The minimum atomic E-state index is -0.116. The van der Waals surface area contributed by atoms with Gasteiger partial charge in [0.25, 0.3) is 0 Å². The molecular formula is C54H41NS. The standard InChI is InChI=1S/C54H41NS/c1-53(2)45-27-9-6-21-42(45)51-46(53)28-15-29-47(51)55(36-18-11-16-34(32-36)38-23-14-31-49-50(38)43-22-7-10-30-48(43)56-49)37-19-12-17-35(33-37)39-24-13-25-41-40-20-5-8-26-44(40)54(3,4)52(39)41/h5-33H,1-4H3. The first-order valence-electron chi connectivity index (χ1n) is 19.7. The molecule has 0 fully saturated rings.